The minimum Gasteiger partial charge on any atom is -0.480 e. The van der Waals surface area contributed by atoms with Gasteiger partial charge in [0, 0.05) is 6.42 Å². The van der Waals surface area contributed by atoms with Crippen molar-refractivity contribution < 1.29 is 14.7 Å². The van der Waals surface area contributed by atoms with Crippen molar-refractivity contribution in [1.29, 1.82) is 0 Å². The summed E-state index contributed by atoms with van der Waals surface area (Å²) < 4.78 is 0. The molecule has 1 amide bonds. The van der Waals surface area contributed by atoms with Gasteiger partial charge in [0.25, 0.3) is 0 Å². The minimum atomic E-state index is -1.01. The molecule has 1 unspecified atom stereocenters. The second-order valence-electron chi connectivity index (χ2n) is 3.26. The number of aryl methyl sites for hydroxylation is 1. The number of carbonyl (C=O) groups excluding carboxylic acids is 1. The number of nitrogens with one attached hydrogen (secondary N) is 1. The van der Waals surface area contributed by atoms with Crippen molar-refractivity contribution in [2.24, 2.45) is 0 Å². The quantitative estimate of drug-likeness (QED) is 0.796. The molecule has 0 aliphatic rings. The van der Waals surface area contributed by atoms with Gasteiger partial charge in [-0.3, -0.25) is 9.59 Å². The van der Waals surface area contributed by atoms with E-state index in [0.29, 0.717) is 12.8 Å². The lowest BCUT2D eigenvalue weighted by molar-refractivity contribution is -0.141. The molecule has 0 saturated heterocycles. The first-order chi connectivity index (χ1) is 7.09. The molecule has 1 aromatic heterocycles. The molecule has 2 N–H and O–H groups in total. The Kier molecular flexibility index (Phi) is 4.30. The molecule has 1 atom stereocenters. The van der Waals surface area contributed by atoms with Crippen molar-refractivity contribution in [2.45, 2.75) is 25.8 Å². The zero-order chi connectivity index (χ0) is 11.3. The highest BCUT2D eigenvalue weighted by molar-refractivity contribution is 7.07. The second kappa shape index (κ2) is 5.50. The number of rotatable bonds is 5. The number of hydrogen-bond donors (Lipinski definition) is 2. The van der Waals surface area contributed by atoms with E-state index in [-0.39, 0.29) is 5.91 Å². The molecule has 0 saturated carbocycles. The van der Waals surface area contributed by atoms with Gasteiger partial charge in [-0.1, -0.05) is 0 Å². The van der Waals surface area contributed by atoms with Gasteiger partial charge < -0.3 is 10.4 Å². The maximum absolute atomic E-state index is 11.3. The van der Waals surface area contributed by atoms with E-state index in [4.69, 9.17) is 5.11 Å². The van der Waals surface area contributed by atoms with E-state index in [2.05, 4.69) is 5.32 Å². The first-order valence-corrected chi connectivity index (χ1v) is 5.57. The van der Waals surface area contributed by atoms with Gasteiger partial charge in [0.2, 0.25) is 5.91 Å². The third-order valence-electron chi connectivity index (χ3n) is 1.97. The van der Waals surface area contributed by atoms with Crippen LogP contribution in [-0.2, 0) is 16.0 Å². The Morgan fingerprint density at radius 1 is 1.60 bits per heavy atom. The highest BCUT2D eigenvalue weighted by Crippen LogP contribution is 2.08. The predicted octanol–water partition coefficient (Wildman–Crippen LogP) is 1.27. The maximum Gasteiger partial charge on any atom is 0.325 e. The van der Waals surface area contributed by atoms with Crippen LogP contribution in [0.25, 0.3) is 0 Å². The SMILES string of the molecule is CC(NC(=O)CCc1ccsc1)C(=O)O. The molecular weight excluding hydrogens is 214 g/mol. The molecule has 5 heteroatoms. The molecule has 1 aromatic rings. The fourth-order valence-electron chi connectivity index (χ4n) is 1.07. The Bertz CT molecular complexity index is 334. The maximum atomic E-state index is 11.3. The minimum absolute atomic E-state index is 0.226. The smallest absolute Gasteiger partial charge is 0.325 e. The van der Waals surface area contributed by atoms with E-state index in [0.717, 1.165) is 5.56 Å². The van der Waals surface area contributed by atoms with Gasteiger partial charge in [-0.15, -0.1) is 0 Å². The van der Waals surface area contributed by atoms with Crippen molar-refractivity contribution in [2.75, 3.05) is 0 Å². The lowest BCUT2D eigenvalue weighted by atomic mass is 10.2. The highest BCUT2D eigenvalue weighted by atomic mass is 32.1. The van der Waals surface area contributed by atoms with Crippen LogP contribution < -0.4 is 5.32 Å². The van der Waals surface area contributed by atoms with Gasteiger partial charge in [-0.2, -0.15) is 11.3 Å². The molecule has 15 heavy (non-hydrogen) atoms. The summed E-state index contributed by atoms with van der Waals surface area (Å²) >= 11 is 1.58. The Labute approximate surface area is 91.9 Å². The molecule has 4 nitrogen and oxygen atoms in total. The van der Waals surface area contributed by atoms with Crippen molar-refractivity contribution in [3.63, 3.8) is 0 Å². The van der Waals surface area contributed by atoms with Crippen molar-refractivity contribution in [3.8, 4) is 0 Å². The summed E-state index contributed by atoms with van der Waals surface area (Å²) in [5.74, 6) is -1.24. The number of amides is 1. The van der Waals surface area contributed by atoms with Crippen molar-refractivity contribution in [1.82, 2.24) is 5.32 Å². The van der Waals surface area contributed by atoms with Crippen LogP contribution in [0.15, 0.2) is 16.8 Å². The average Bonchev–Trinajstić information content (AvgIpc) is 2.66. The topological polar surface area (TPSA) is 66.4 Å². The van der Waals surface area contributed by atoms with E-state index in [1.54, 1.807) is 11.3 Å². The van der Waals surface area contributed by atoms with Gasteiger partial charge in [-0.05, 0) is 35.7 Å². The third-order valence-corrected chi connectivity index (χ3v) is 2.70. The number of carboxylic acids is 1. The van der Waals surface area contributed by atoms with Crippen LogP contribution in [0.4, 0.5) is 0 Å². The molecule has 0 aliphatic heterocycles. The summed E-state index contributed by atoms with van der Waals surface area (Å²) in [5.41, 5.74) is 1.11. The lowest BCUT2D eigenvalue weighted by Gasteiger charge is -2.08. The Hall–Kier alpha value is -1.36. The Morgan fingerprint density at radius 2 is 2.33 bits per heavy atom. The number of thiophene rings is 1. The fraction of sp³-hybridized carbons (Fsp3) is 0.400. The largest absolute Gasteiger partial charge is 0.480 e. The molecule has 0 aromatic carbocycles. The van der Waals surface area contributed by atoms with Crippen LogP contribution in [-0.4, -0.2) is 23.0 Å². The standard InChI is InChI=1S/C10H13NO3S/c1-7(10(13)14)11-9(12)3-2-8-4-5-15-6-8/h4-7H,2-3H2,1H3,(H,11,12)(H,13,14). The van der Waals surface area contributed by atoms with Crippen LogP contribution >= 0.6 is 11.3 Å². The summed E-state index contributed by atoms with van der Waals surface area (Å²) in [5, 5.41) is 14.9. The Balaban J connectivity index is 2.28. The molecular formula is C10H13NO3S. The first-order valence-electron chi connectivity index (χ1n) is 4.63. The Morgan fingerprint density at radius 3 is 2.87 bits per heavy atom. The van der Waals surface area contributed by atoms with Crippen molar-refractivity contribution in [3.05, 3.63) is 22.4 Å². The number of hydrogen-bond acceptors (Lipinski definition) is 3. The van der Waals surface area contributed by atoms with E-state index in [1.807, 2.05) is 16.8 Å². The summed E-state index contributed by atoms with van der Waals surface area (Å²) in [4.78, 5) is 21.7. The van der Waals surface area contributed by atoms with Crippen LogP contribution in [0.2, 0.25) is 0 Å². The number of carbonyl (C=O) groups is 2. The predicted molar refractivity (Wildman–Crippen MR) is 57.9 cm³/mol. The molecule has 82 valence electrons. The molecule has 0 fully saturated rings. The first kappa shape index (κ1) is 11.7. The van der Waals surface area contributed by atoms with E-state index >= 15 is 0 Å². The lowest BCUT2D eigenvalue weighted by Crippen LogP contribution is -2.38. The van der Waals surface area contributed by atoms with Gasteiger partial charge in [-0.25, -0.2) is 0 Å². The van der Waals surface area contributed by atoms with Gasteiger partial charge in [0.05, 0.1) is 0 Å². The number of carboxylic acid groups (broad SMARTS) is 1. The van der Waals surface area contributed by atoms with E-state index in [9.17, 15) is 9.59 Å². The highest BCUT2D eigenvalue weighted by Gasteiger charge is 2.13. The number of aliphatic carboxylic acids is 1. The third kappa shape index (κ3) is 4.12. The van der Waals surface area contributed by atoms with E-state index in [1.165, 1.54) is 6.92 Å². The van der Waals surface area contributed by atoms with Crippen LogP contribution in [0.5, 0.6) is 0 Å². The molecule has 1 heterocycles. The normalized spacial score (nSPS) is 12.1. The fourth-order valence-corrected chi connectivity index (χ4v) is 1.77. The van der Waals surface area contributed by atoms with Gasteiger partial charge in [0.15, 0.2) is 0 Å². The van der Waals surface area contributed by atoms with Crippen LogP contribution in [0.1, 0.15) is 18.9 Å². The monoisotopic (exact) mass is 227 g/mol. The molecule has 0 aliphatic carbocycles. The average molecular weight is 227 g/mol. The molecule has 0 bridgehead atoms. The summed E-state index contributed by atoms with van der Waals surface area (Å²) in [6, 6.07) is 1.14. The zero-order valence-electron chi connectivity index (χ0n) is 8.40. The zero-order valence-corrected chi connectivity index (χ0v) is 9.21. The summed E-state index contributed by atoms with van der Waals surface area (Å²) in [6.07, 6.45) is 0.982. The van der Waals surface area contributed by atoms with Crippen LogP contribution in [0, 0.1) is 0 Å². The van der Waals surface area contributed by atoms with E-state index < -0.39 is 12.0 Å². The van der Waals surface area contributed by atoms with Crippen LogP contribution in [0.3, 0.4) is 0 Å². The summed E-state index contributed by atoms with van der Waals surface area (Å²) in [7, 11) is 0. The molecule has 0 spiro atoms. The van der Waals surface area contributed by atoms with Gasteiger partial charge in [0.1, 0.15) is 6.04 Å². The second-order valence-corrected chi connectivity index (χ2v) is 4.04. The van der Waals surface area contributed by atoms with Gasteiger partial charge >= 0.3 is 5.97 Å². The van der Waals surface area contributed by atoms with Crippen molar-refractivity contribution >= 4 is 23.2 Å². The molecule has 0 radical (unpaired) electrons. The molecule has 1 rings (SSSR count). The summed E-state index contributed by atoms with van der Waals surface area (Å²) in [6.45, 7) is 1.45.